The van der Waals surface area contributed by atoms with Crippen LogP contribution in [0.1, 0.15) is 24.0 Å². The van der Waals surface area contributed by atoms with Gasteiger partial charge in [0.15, 0.2) is 0 Å². The van der Waals surface area contributed by atoms with E-state index in [0.717, 1.165) is 38.9 Å². The van der Waals surface area contributed by atoms with Crippen molar-refractivity contribution < 1.29 is 4.42 Å². The van der Waals surface area contributed by atoms with Gasteiger partial charge in [-0.3, -0.25) is 0 Å². The van der Waals surface area contributed by atoms with E-state index in [1.165, 1.54) is 4.88 Å². The second kappa shape index (κ2) is 6.07. The number of rotatable bonds is 5. The third-order valence-electron chi connectivity index (χ3n) is 3.03. The Bertz CT molecular complexity index is 763. The fourth-order valence-corrected chi connectivity index (χ4v) is 3.86. The summed E-state index contributed by atoms with van der Waals surface area (Å²) in [5, 5.41) is 5.37. The van der Waals surface area contributed by atoms with Crippen LogP contribution in [0, 0.1) is 13.8 Å². The smallest absolute Gasteiger partial charge is 0.225 e. The van der Waals surface area contributed by atoms with E-state index in [2.05, 4.69) is 35.2 Å². The highest BCUT2D eigenvalue weighted by Crippen LogP contribution is 2.37. The maximum atomic E-state index is 5.37. The minimum Gasteiger partial charge on any atom is -0.468 e. The molecule has 3 aromatic rings. The first-order valence-electron chi connectivity index (χ1n) is 6.91. The number of nitrogens with zero attached hydrogens (tertiary/aromatic N) is 2. The Labute approximate surface area is 132 Å². The van der Waals surface area contributed by atoms with Crippen LogP contribution in [0.4, 0.5) is 5.95 Å². The van der Waals surface area contributed by atoms with Crippen molar-refractivity contribution in [3.63, 3.8) is 0 Å². The fourth-order valence-electron chi connectivity index (χ4n) is 1.99. The Hall–Kier alpha value is -1.53. The van der Waals surface area contributed by atoms with E-state index in [1.807, 2.05) is 13.0 Å². The third-order valence-corrected chi connectivity index (χ3v) is 5.12. The lowest BCUT2D eigenvalue weighted by Gasteiger charge is -2.06. The molecule has 1 N–H and O–H groups in total. The number of furan rings is 1. The van der Waals surface area contributed by atoms with Crippen molar-refractivity contribution in [2.24, 2.45) is 0 Å². The minimum absolute atomic E-state index is 0.704. The van der Waals surface area contributed by atoms with Crippen LogP contribution in [0.3, 0.4) is 0 Å². The SMILES string of the molecule is CCCNc1nc(Sc2ccoc2C)c2cc(C)sc2n1. The van der Waals surface area contributed by atoms with E-state index in [-0.39, 0.29) is 0 Å². The Morgan fingerprint density at radius 1 is 1.33 bits per heavy atom. The second-order valence-electron chi connectivity index (χ2n) is 4.80. The topological polar surface area (TPSA) is 51.0 Å². The summed E-state index contributed by atoms with van der Waals surface area (Å²) < 4.78 is 5.37. The van der Waals surface area contributed by atoms with Crippen LogP contribution in [0.25, 0.3) is 10.2 Å². The summed E-state index contributed by atoms with van der Waals surface area (Å²) >= 11 is 3.34. The molecule has 4 nitrogen and oxygen atoms in total. The molecule has 0 unspecified atom stereocenters. The average molecular weight is 319 g/mol. The Kier molecular flexibility index (Phi) is 4.17. The first-order valence-corrected chi connectivity index (χ1v) is 8.54. The van der Waals surface area contributed by atoms with Crippen LogP contribution in [0.5, 0.6) is 0 Å². The quantitative estimate of drug-likeness (QED) is 0.680. The number of aromatic nitrogens is 2. The van der Waals surface area contributed by atoms with E-state index >= 15 is 0 Å². The summed E-state index contributed by atoms with van der Waals surface area (Å²) in [6, 6.07) is 4.13. The monoisotopic (exact) mass is 319 g/mol. The number of thiophene rings is 1. The molecule has 0 aliphatic heterocycles. The van der Waals surface area contributed by atoms with Gasteiger partial charge in [-0.05, 0) is 32.4 Å². The van der Waals surface area contributed by atoms with Crippen molar-refractivity contribution in [2.75, 3.05) is 11.9 Å². The van der Waals surface area contributed by atoms with Gasteiger partial charge in [0.05, 0.1) is 11.2 Å². The molecule has 0 saturated carbocycles. The lowest BCUT2D eigenvalue weighted by atomic mass is 10.4. The minimum atomic E-state index is 0.704. The molecule has 0 saturated heterocycles. The molecule has 6 heteroatoms. The number of aryl methyl sites for hydroxylation is 2. The summed E-state index contributed by atoms with van der Waals surface area (Å²) in [7, 11) is 0. The molecule has 21 heavy (non-hydrogen) atoms. The van der Waals surface area contributed by atoms with E-state index in [4.69, 9.17) is 4.42 Å². The van der Waals surface area contributed by atoms with Crippen molar-refractivity contribution >= 4 is 39.3 Å². The van der Waals surface area contributed by atoms with Crippen LogP contribution in [0.15, 0.2) is 32.7 Å². The Morgan fingerprint density at radius 2 is 2.19 bits per heavy atom. The predicted molar refractivity (Wildman–Crippen MR) is 88.5 cm³/mol. The summed E-state index contributed by atoms with van der Waals surface area (Å²) in [5.74, 6) is 1.62. The van der Waals surface area contributed by atoms with E-state index in [0.29, 0.717) is 5.95 Å². The van der Waals surface area contributed by atoms with Crippen molar-refractivity contribution in [2.45, 2.75) is 37.1 Å². The predicted octanol–water partition coefficient (Wildman–Crippen LogP) is 4.87. The van der Waals surface area contributed by atoms with Gasteiger partial charge in [0, 0.05) is 16.8 Å². The van der Waals surface area contributed by atoms with E-state index in [9.17, 15) is 0 Å². The number of hydrogen-bond acceptors (Lipinski definition) is 6. The maximum Gasteiger partial charge on any atom is 0.225 e. The molecule has 0 aromatic carbocycles. The van der Waals surface area contributed by atoms with Crippen molar-refractivity contribution in [1.29, 1.82) is 0 Å². The van der Waals surface area contributed by atoms with Gasteiger partial charge in [-0.1, -0.05) is 18.7 Å². The van der Waals surface area contributed by atoms with Crippen LogP contribution in [0.2, 0.25) is 0 Å². The van der Waals surface area contributed by atoms with Crippen LogP contribution >= 0.6 is 23.1 Å². The summed E-state index contributed by atoms with van der Waals surface area (Å²) in [4.78, 5) is 12.7. The maximum absolute atomic E-state index is 5.37. The molecule has 0 bridgehead atoms. The van der Waals surface area contributed by atoms with Gasteiger partial charge in [0.25, 0.3) is 0 Å². The first kappa shape index (κ1) is 14.4. The fraction of sp³-hybridized carbons (Fsp3) is 0.333. The van der Waals surface area contributed by atoms with E-state index in [1.54, 1.807) is 29.4 Å². The molecule has 0 amide bonds. The molecule has 3 aromatic heterocycles. The lowest BCUT2D eigenvalue weighted by molar-refractivity contribution is 0.527. The molecular weight excluding hydrogens is 302 g/mol. The van der Waals surface area contributed by atoms with Crippen molar-refractivity contribution in [3.05, 3.63) is 29.0 Å². The highest BCUT2D eigenvalue weighted by atomic mass is 32.2. The number of nitrogens with one attached hydrogen (secondary N) is 1. The van der Waals surface area contributed by atoms with Gasteiger partial charge in [-0.25, -0.2) is 9.97 Å². The molecular formula is C15H17N3OS2. The highest BCUT2D eigenvalue weighted by molar-refractivity contribution is 7.99. The number of anilines is 1. The summed E-state index contributed by atoms with van der Waals surface area (Å²) in [6.07, 6.45) is 2.76. The molecule has 0 radical (unpaired) electrons. The van der Waals surface area contributed by atoms with Gasteiger partial charge in [-0.2, -0.15) is 0 Å². The number of hydrogen-bond donors (Lipinski definition) is 1. The van der Waals surface area contributed by atoms with Gasteiger partial charge in [0.2, 0.25) is 5.95 Å². The highest BCUT2D eigenvalue weighted by Gasteiger charge is 2.13. The molecule has 110 valence electrons. The molecule has 0 fully saturated rings. The van der Waals surface area contributed by atoms with Gasteiger partial charge >= 0.3 is 0 Å². The summed E-state index contributed by atoms with van der Waals surface area (Å²) in [6.45, 7) is 7.08. The van der Waals surface area contributed by atoms with Gasteiger partial charge < -0.3 is 9.73 Å². The normalized spacial score (nSPS) is 11.2. The molecule has 0 atom stereocenters. The van der Waals surface area contributed by atoms with Crippen molar-refractivity contribution in [1.82, 2.24) is 9.97 Å². The van der Waals surface area contributed by atoms with Crippen LogP contribution in [-0.2, 0) is 0 Å². The molecule has 0 aliphatic rings. The molecule has 3 heterocycles. The van der Waals surface area contributed by atoms with Crippen LogP contribution in [-0.4, -0.2) is 16.5 Å². The first-order chi connectivity index (χ1) is 10.2. The van der Waals surface area contributed by atoms with Crippen LogP contribution < -0.4 is 5.32 Å². The summed E-state index contributed by atoms with van der Waals surface area (Å²) in [5.41, 5.74) is 0. The molecule has 0 spiro atoms. The van der Waals surface area contributed by atoms with Crippen molar-refractivity contribution in [3.8, 4) is 0 Å². The average Bonchev–Trinajstić information content (AvgIpc) is 3.02. The van der Waals surface area contributed by atoms with E-state index < -0.39 is 0 Å². The number of fused-ring (bicyclic) bond motifs is 1. The zero-order chi connectivity index (χ0) is 14.8. The third kappa shape index (κ3) is 3.06. The Balaban J connectivity index is 2.03. The lowest BCUT2D eigenvalue weighted by Crippen LogP contribution is -2.04. The molecule has 0 aliphatic carbocycles. The second-order valence-corrected chi connectivity index (χ2v) is 7.06. The van der Waals surface area contributed by atoms with Gasteiger partial charge in [-0.15, -0.1) is 11.3 Å². The largest absolute Gasteiger partial charge is 0.468 e. The molecule has 3 rings (SSSR count). The standard InChI is InChI=1S/C15H17N3OS2/c1-4-6-16-15-17-13-11(8-9(2)20-13)14(18-15)21-12-5-7-19-10(12)3/h5,7-8H,4,6H2,1-3H3,(H,16,17,18). The Morgan fingerprint density at radius 3 is 2.90 bits per heavy atom. The van der Waals surface area contributed by atoms with Gasteiger partial charge in [0.1, 0.15) is 15.6 Å². The zero-order valence-corrected chi connectivity index (χ0v) is 13.9. The zero-order valence-electron chi connectivity index (χ0n) is 12.3.